The molecule has 116 valence electrons. The molecule has 1 aliphatic heterocycles. The van der Waals surface area contributed by atoms with E-state index in [1.54, 1.807) is 0 Å². The zero-order valence-corrected chi connectivity index (χ0v) is 11.8. The first kappa shape index (κ1) is 15.8. The topological polar surface area (TPSA) is 49.6 Å². The van der Waals surface area contributed by atoms with E-state index in [9.17, 15) is 18.0 Å². The predicted octanol–water partition coefficient (Wildman–Crippen LogP) is 1.55. The number of nitrogens with two attached hydrogens (primary N) is 1. The lowest BCUT2D eigenvalue weighted by Gasteiger charge is -2.33. The van der Waals surface area contributed by atoms with Crippen molar-refractivity contribution in [3.63, 3.8) is 0 Å². The second kappa shape index (κ2) is 6.03. The highest BCUT2D eigenvalue weighted by Crippen LogP contribution is 2.35. The standard InChI is InChI=1S/C14H18F3N3O/c1-19-5-7-20(8-6-19)9-10-3-2-4-11(13(18)21)12(10)14(15,16)17/h2-4H,5-9H2,1H3,(H2,18,21). The maximum atomic E-state index is 13.3. The van der Waals surface area contributed by atoms with Crippen LogP contribution in [0.25, 0.3) is 0 Å². The lowest BCUT2D eigenvalue weighted by molar-refractivity contribution is -0.138. The number of alkyl halides is 3. The van der Waals surface area contributed by atoms with Crippen molar-refractivity contribution in [2.45, 2.75) is 12.7 Å². The Kier molecular flexibility index (Phi) is 4.53. The van der Waals surface area contributed by atoms with Gasteiger partial charge in [0.1, 0.15) is 0 Å². The van der Waals surface area contributed by atoms with Gasteiger partial charge in [-0.1, -0.05) is 12.1 Å². The van der Waals surface area contributed by atoms with Crippen molar-refractivity contribution in [2.24, 2.45) is 5.73 Å². The second-order valence-corrected chi connectivity index (χ2v) is 5.28. The number of rotatable bonds is 3. The van der Waals surface area contributed by atoms with Crippen LogP contribution < -0.4 is 5.73 Å². The van der Waals surface area contributed by atoms with Crippen molar-refractivity contribution in [1.82, 2.24) is 9.80 Å². The third-order valence-corrected chi connectivity index (χ3v) is 3.69. The first-order valence-electron chi connectivity index (χ1n) is 6.69. The average molecular weight is 301 g/mol. The highest BCUT2D eigenvalue weighted by molar-refractivity contribution is 5.94. The van der Waals surface area contributed by atoms with Crippen LogP contribution >= 0.6 is 0 Å². The van der Waals surface area contributed by atoms with Crippen molar-refractivity contribution >= 4 is 5.91 Å². The van der Waals surface area contributed by atoms with Crippen LogP contribution in [0.1, 0.15) is 21.5 Å². The number of halogens is 3. The van der Waals surface area contributed by atoms with Crippen LogP contribution in [0.3, 0.4) is 0 Å². The quantitative estimate of drug-likeness (QED) is 0.921. The summed E-state index contributed by atoms with van der Waals surface area (Å²) in [5.74, 6) is -1.05. The van der Waals surface area contributed by atoms with E-state index in [0.29, 0.717) is 13.1 Å². The molecule has 2 N–H and O–H groups in total. The highest BCUT2D eigenvalue weighted by atomic mass is 19.4. The lowest BCUT2D eigenvalue weighted by atomic mass is 9.99. The fourth-order valence-electron chi connectivity index (χ4n) is 2.52. The molecule has 0 saturated carbocycles. The number of amides is 1. The molecular formula is C14H18F3N3O. The Bertz CT molecular complexity index is 523. The Labute approximate surface area is 121 Å². The third-order valence-electron chi connectivity index (χ3n) is 3.69. The number of hydrogen-bond donors (Lipinski definition) is 1. The lowest BCUT2D eigenvalue weighted by Crippen LogP contribution is -2.44. The normalized spacial score (nSPS) is 17.9. The van der Waals surface area contributed by atoms with Crippen LogP contribution in [0.5, 0.6) is 0 Å². The molecule has 1 fully saturated rings. The molecule has 2 rings (SSSR count). The van der Waals surface area contributed by atoms with Gasteiger partial charge < -0.3 is 10.6 Å². The molecule has 0 spiro atoms. The highest BCUT2D eigenvalue weighted by Gasteiger charge is 2.37. The largest absolute Gasteiger partial charge is 0.417 e. The van der Waals surface area contributed by atoms with E-state index in [1.807, 2.05) is 11.9 Å². The molecule has 7 heteroatoms. The number of likely N-dealkylation sites (N-methyl/N-ethyl adjacent to an activating group) is 1. The smallest absolute Gasteiger partial charge is 0.366 e. The number of piperazine rings is 1. The van der Waals surface area contributed by atoms with Crippen LogP contribution in [0.2, 0.25) is 0 Å². The van der Waals surface area contributed by atoms with Crippen LogP contribution in [-0.2, 0) is 12.7 Å². The van der Waals surface area contributed by atoms with Crippen molar-refractivity contribution in [1.29, 1.82) is 0 Å². The van der Waals surface area contributed by atoms with Gasteiger partial charge in [-0.2, -0.15) is 13.2 Å². The Morgan fingerprint density at radius 2 is 1.86 bits per heavy atom. The third kappa shape index (κ3) is 3.74. The SMILES string of the molecule is CN1CCN(Cc2cccc(C(N)=O)c2C(F)(F)F)CC1. The van der Waals surface area contributed by atoms with E-state index < -0.39 is 23.2 Å². The Morgan fingerprint density at radius 3 is 2.38 bits per heavy atom. The van der Waals surface area contributed by atoms with Gasteiger partial charge in [0, 0.05) is 32.7 Å². The van der Waals surface area contributed by atoms with Crippen molar-refractivity contribution in [3.05, 3.63) is 34.9 Å². The van der Waals surface area contributed by atoms with E-state index in [0.717, 1.165) is 19.2 Å². The molecule has 0 radical (unpaired) electrons. The van der Waals surface area contributed by atoms with E-state index in [-0.39, 0.29) is 12.1 Å². The fraction of sp³-hybridized carbons (Fsp3) is 0.500. The maximum Gasteiger partial charge on any atom is 0.417 e. The van der Waals surface area contributed by atoms with Gasteiger partial charge in [-0.15, -0.1) is 0 Å². The van der Waals surface area contributed by atoms with Gasteiger partial charge in [0.25, 0.3) is 0 Å². The predicted molar refractivity (Wildman–Crippen MR) is 72.7 cm³/mol. The molecule has 0 bridgehead atoms. The summed E-state index contributed by atoms with van der Waals surface area (Å²) < 4.78 is 39.8. The molecule has 1 saturated heterocycles. The van der Waals surface area contributed by atoms with Crippen molar-refractivity contribution in [2.75, 3.05) is 33.2 Å². The van der Waals surface area contributed by atoms with E-state index in [2.05, 4.69) is 4.90 Å². The second-order valence-electron chi connectivity index (χ2n) is 5.28. The summed E-state index contributed by atoms with van der Waals surface area (Å²) in [6, 6.07) is 3.98. The number of nitrogens with zero attached hydrogens (tertiary/aromatic N) is 2. The first-order valence-corrected chi connectivity index (χ1v) is 6.69. The van der Waals surface area contributed by atoms with Gasteiger partial charge in [-0.25, -0.2) is 0 Å². The monoisotopic (exact) mass is 301 g/mol. The molecule has 1 amide bonds. The number of primary amides is 1. The summed E-state index contributed by atoms with van der Waals surface area (Å²) in [6.07, 6.45) is -4.59. The number of carbonyl (C=O) groups excluding carboxylic acids is 1. The minimum atomic E-state index is -4.59. The molecule has 0 aromatic heterocycles. The molecule has 1 aromatic rings. The molecule has 1 heterocycles. The number of benzene rings is 1. The van der Waals surface area contributed by atoms with Gasteiger partial charge in [-0.3, -0.25) is 9.69 Å². The van der Waals surface area contributed by atoms with Gasteiger partial charge in [-0.05, 0) is 18.7 Å². The molecule has 1 aliphatic rings. The number of carbonyl (C=O) groups is 1. The molecule has 0 atom stereocenters. The molecule has 1 aromatic carbocycles. The molecule has 21 heavy (non-hydrogen) atoms. The summed E-state index contributed by atoms with van der Waals surface area (Å²) in [4.78, 5) is 15.3. The van der Waals surface area contributed by atoms with E-state index in [4.69, 9.17) is 5.73 Å². The van der Waals surface area contributed by atoms with Crippen LogP contribution in [-0.4, -0.2) is 48.9 Å². The molecule has 4 nitrogen and oxygen atoms in total. The summed E-state index contributed by atoms with van der Waals surface area (Å²) in [6.45, 7) is 3.21. The average Bonchev–Trinajstić information content (AvgIpc) is 2.40. The molecular weight excluding hydrogens is 283 g/mol. The van der Waals surface area contributed by atoms with Crippen molar-refractivity contribution in [3.8, 4) is 0 Å². The Morgan fingerprint density at radius 1 is 1.24 bits per heavy atom. The first-order chi connectivity index (χ1) is 9.79. The number of hydrogen-bond acceptors (Lipinski definition) is 3. The van der Waals surface area contributed by atoms with Gasteiger partial charge in [0.2, 0.25) is 5.91 Å². The van der Waals surface area contributed by atoms with E-state index >= 15 is 0 Å². The van der Waals surface area contributed by atoms with Gasteiger partial charge in [0.05, 0.1) is 11.1 Å². The maximum absolute atomic E-state index is 13.3. The van der Waals surface area contributed by atoms with Crippen molar-refractivity contribution < 1.29 is 18.0 Å². The summed E-state index contributed by atoms with van der Waals surface area (Å²) >= 11 is 0. The minimum absolute atomic E-state index is 0.100. The van der Waals surface area contributed by atoms with Crippen LogP contribution in [0.4, 0.5) is 13.2 Å². The van der Waals surface area contributed by atoms with Crippen LogP contribution in [0.15, 0.2) is 18.2 Å². The molecule has 0 unspecified atom stereocenters. The summed E-state index contributed by atoms with van der Waals surface area (Å²) in [7, 11) is 1.98. The Hall–Kier alpha value is -1.60. The van der Waals surface area contributed by atoms with Gasteiger partial charge in [0.15, 0.2) is 0 Å². The van der Waals surface area contributed by atoms with E-state index in [1.165, 1.54) is 12.1 Å². The fourth-order valence-corrected chi connectivity index (χ4v) is 2.52. The Balaban J connectivity index is 2.30. The summed E-state index contributed by atoms with van der Waals surface area (Å²) in [5, 5.41) is 0. The molecule has 0 aliphatic carbocycles. The van der Waals surface area contributed by atoms with Crippen LogP contribution in [0, 0.1) is 0 Å². The zero-order chi connectivity index (χ0) is 15.6. The van der Waals surface area contributed by atoms with Gasteiger partial charge >= 0.3 is 6.18 Å². The summed E-state index contributed by atoms with van der Waals surface area (Å²) in [5.41, 5.74) is 3.80. The zero-order valence-electron chi connectivity index (χ0n) is 11.8. The minimum Gasteiger partial charge on any atom is -0.366 e.